The van der Waals surface area contributed by atoms with Gasteiger partial charge < -0.3 is 5.73 Å². The summed E-state index contributed by atoms with van der Waals surface area (Å²) in [6.07, 6.45) is 1.87. The summed E-state index contributed by atoms with van der Waals surface area (Å²) in [4.78, 5) is 4.60. The third-order valence-corrected chi connectivity index (χ3v) is 3.66. The van der Waals surface area contributed by atoms with Crippen molar-refractivity contribution in [1.82, 2.24) is 14.8 Å². The van der Waals surface area contributed by atoms with Crippen molar-refractivity contribution in [1.29, 1.82) is 0 Å². The summed E-state index contributed by atoms with van der Waals surface area (Å²) in [5, 5.41) is 4.56. The number of hydrogen-bond donors (Lipinski definition) is 1. The molecule has 1 aliphatic rings. The van der Waals surface area contributed by atoms with E-state index in [1.807, 2.05) is 22.9 Å². The van der Waals surface area contributed by atoms with E-state index in [0.717, 1.165) is 31.0 Å². The third kappa shape index (κ3) is 2.04. The number of fused-ring (bicyclic) bond motifs is 1. The van der Waals surface area contributed by atoms with Crippen molar-refractivity contribution in [2.24, 2.45) is 11.7 Å². The second-order valence-electron chi connectivity index (χ2n) is 5.06. The summed E-state index contributed by atoms with van der Waals surface area (Å²) in [6.45, 7) is 3.12. The number of nitrogens with two attached hydrogens (primary N) is 1. The second kappa shape index (κ2) is 4.53. The smallest absolute Gasteiger partial charge is 0.155 e. The molecular formula is C14H18N4. The maximum Gasteiger partial charge on any atom is 0.155 e. The van der Waals surface area contributed by atoms with Gasteiger partial charge in [0.05, 0.1) is 6.04 Å². The van der Waals surface area contributed by atoms with E-state index in [1.165, 1.54) is 5.56 Å². The summed E-state index contributed by atoms with van der Waals surface area (Å²) in [5.74, 6) is 2.31. The Balaban J connectivity index is 1.85. The molecule has 0 bridgehead atoms. The zero-order chi connectivity index (χ0) is 12.5. The number of aryl methyl sites for hydroxylation is 1. The Morgan fingerprint density at radius 1 is 1.33 bits per heavy atom. The molecule has 1 aliphatic heterocycles. The average molecular weight is 242 g/mol. The van der Waals surface area contributed by atoms with Crippen LogP contribution in [0.4, 0.5) is 0 Å². The van der Waals surface area contributed by atoms with Crippen LogP contribution in [0.1, 0.15) is 36.6 Å². The minimum Gasteiger partial charge on any atom is -0.321 e. The largest absolute Gasteiger partial charge is 0.321 e. The van der Waals surface area contributed by atoms with E-state index in [9.17, 15) is 0 Å². The van der Waals surface area contributed by atoms with Crippen molar-refractivity contribution in [2.45, 2.75) is 32.4 Å². The molecule has 2 aromatic rings. The van der Waals surface area contributed by atoms with E-state index >= 15 is 0 Å². The first kappa shape index (κ1) is 11.4. The molecule has 2 N–H and O–H groups in total. The van der Waals surface area contributed by atoms with Crippen LogP contribution in [0, 0.1) is 5.92 Å². The fourth-order valence-corrected chi connectivity index (χ4v) is 2.43. The fourth-order valence-electron chi connectivity index (χ4n) is 2.43. The van der Waals surface area contributed by atoms with Gasteiger partial charge in [0.25, 0.3) is 0 Å². The molecular weight excluding hydrogens is 224 g/mol. The van der Waals surface area contributed by atoms with Crippen molar-refractivity contribution in [3.05, 3.63) is 47.5 Å². The monoisotopic (exact) mass is 242 g/mol. The van der Waals surface area contributed by atoms with E-state index in [0.29, 0.717) is 5.92 Å². The fraction of sp³-hybridized carbons (Fsp3) is 0.429. The number of benzene rings is 1. The van der Waals surface area contributed by atoms with E-state index in [-0.39, 0.29) is 6.04 Å². The standard InChI is InChI=1S/C14H18N4/c1-10-7-8-18-14(13(10)15)16-12(17-18)9-11-5-3-2-4-6-11/h2-6,10,13H,7-9,15H2,1H3. The van der Waals surface area contributed by atoms with Crippen LogP contribution >= 0.6 is 0 Å². The molecule has 0 aliphatic carbocycles. The van der Waals surface area contributed by atoms with Gasteiger partial charge in [0.15, 0.2) is 5.82 Å². The Kier molecular flexibility index (Phi) is 2.88. The first-order chi connectivity index (χ1) is 8.74. The van der Waals surface area contributed by atoms with E-state index in [1.54, 1.807) is 0 Å². The lowest BCUT2D eigenvalue weighted by atomic mass is 9.96. The summed E-state index contributed by atoms with van der Waals surface area (Å²) < 4.78 is 1.98. The average Bonchev–Trinajstić information content (AvgIpc) is 2.79. The summed E-state index contributed by atoms with van der Waals surface area (Å²) in [7, 11) is 0. The van der Waals surface area contributed by atoms with E-state index < -0.39 is 0 Å². The van der Waals surface area contributed by atoms with Gasteiger partial charge in [-0.15, -0.1) is 0 Å². The second-order valence-corrected chi connectivity index (χ2v) is 5.06. The van der Waals surface area contributed by atoms with Gasteiger partial charge in [0, 0.05) is 13.0 Å². The maximum atomic E-state index is 6.17. The number of aromatic nitrogens is 3. The number of rotatable bonds is 2. The van der Waals surface area contributed by atoms with Crippen LogP contribution in [-0.4, -0.2) is 14.8 Å². The quantitative estimate of drug-likeness (QED) is 0.875. The molecule has 3 rings (SSSR count). The molecule has 2 atom stereocenters. The highest BCUT2D eigenvalue weighted by molar-refractivity contribution is 5.19. The Morgan fingerprint density at radius 2 is 2.11 bits per heavy atom. The molecule has 94 valence electrons. The van der Waals surface area contributed by atoms with Gasteiger partial charge in [-0.3, -0.25) is 0 Å². The molecule has 4 nitrogen and oxygen atoms in total. The first-order valence-electron chi connectivity index (χ1n) is 6.47. The van der Waals surface area contributed by atoms with Crippen LogP contribution in [0.25, 0.3) is 0 Å². The zero-order valence-corrected chi connectivity index (χ0v) is 10.6. The third-order valence-electron chi connectivity index (χ3n) is 3.66. The van der Waals surface area contributed by atoms with Crippen LogP contribution in [0.15, 0.2) is 30.3 Å². The normalized spacial score (nSPS) is 22.8. The molecule has 1 aromatic heterocycles. The Hall–Kier alpha value is -1.68. The van der Waals surface area contributed by atoms with Gasteiger partial charge >= 0.3 is 0 Å². The molecule has 1 aromatic carbocycles. The highest BCUT2D eigenvalue weighted by atomic mass is 15.4. The molecule has 0 fully saturated rings. The summed E-state index contributed by atoms with van der Waals surface area (Å²) in [5.41, 5.74) is 7.41. The van der Waals surface area contributed by atoms with Gasteiger partial charge in [-0.05, 0) is 17.9 Å². The van der Waals surface area contributed by atoms with Crippen LogP contribution in [-0.2, 0) is 13.0 Å². The van der Waals surface area contributed by atoms with Crippen LogP contribution < -0.4 is 5.73 Å². The van der Waals surface area contributed by atoms with Gasteiger partial charge in [-0.1, -0.05) is 37.3 Å². The van der Waals surface area contributed by atoms with Crippen LogP contribution in [0.5, 0.6) is 0 Å². The summed E-state index contributed by atoms with van der Waals surface area (Å²) >= 11 is 0. The molecule has 0 saturated carbocycles. The predicted molar refractivity (Wildman–Crippen MR) is 70.0 cm³/mol. The molecule has 2 heterocycles. The molecule has 4 heteroatoms. The van der Waals surface area contributed by atoms with Gasteiger partial charge in [0.2, 0.25) is 0 Å². The van der Waals surface area contributed by atoms with Crippen LogP contribution in [0.3, 0.4) is 0 Å². The molecule has 0 spiro atoms. The molecule has 18 heavy (non-hydrogen) atoms. The minimum absolute atomic E-state index is 0.0239. The van der Waals surface area contributed by atoms with Gasteiger partial charge in [0.1, 0.15) is 5.82 Å². The van der Waals surface area contributed by atoms with Gasteiger partial charge in [-0.25, -0.2) is 9.67 Å². The highest BCUT2D eigenvalue weighted by Gasteiger charge is 2.26. The Bertz CT molecular complexity index is 532. The highest BCUT2D eigenvalue weighted by Crippen LogP contribution is 2.26. The van der Waals surface area contributed by atoms with E-state index in [4.69, 9.17) is 5.73 Å². The maximum absolute atomic E-state index is 6.17. The molecule has 2 unspecified atom stereocenters. The zero-order valence-electron chi connectivity index (χ0n) is 10.6. The van der Waals surface area contributed by atoms with E-state index in [2.05, 4.69) is 29.1 Å². The van der Waals surface area contributed by atoms with Crippen LogP contribution in [0.2, 0.25) is 0 Å². The number of nitrogens with zero attached hydrogens (tertiary/aromatic N) is 3. The lowest BCUT2D eigenvalue weighted by Crippen LogP contribution is -2.29. The Morgan fingerprint density at radius 3 is 2.89 bits per heavy atom. The predicted octanol–water partition coefficient (Wildman–Crippen LogP) is 1.91. The SMILES string of the molecule is CC1CCn2nc(Cc3ccccc3)nc2C1N. The summed E-state index contributed by atoms with van der Waals surface area (Å²) in [6, 6.07) is 10.3. The van der Waals surface area contributed by atoms with Gasteiger partial charge in [-0.2, -0.15) is 5.10 Å². The number of hydrogen-bond acceptors (Lipinski definition) is 3. The lowest BCUT2D eigenvalue weighted by Gasteiger charge is -2.24. The van der Waals surface area contributed by atoms with Crippen molar-refractivity contribution in [3.63, 3.8) is 0 Å². The Labute approximate surface area is 107 Å². The van der Waals surface area contributed by atoms with Crippen molar-refractivity contribution < 1.29 is 0 Å². The molecule has 0 saturated heterocycles. The van der Waals surface area contributed by atoms with Crippen molar-refractivity contribution in [2.75, 3.05) is 0 Å². The molecule has 0 radical (unpaired) electrons. The first-order valence-corrected chi connectivity index (χ1v) is 6.47. The molecule has 0 amide bonds. The minimum atomic E-state index is 0.0239. The van der Waals surface area contributed by atoms with Crippen molar-refractivity contribution in [3.8, 4) is 0 Å². The topological polar surface area (TPSA) is 56.7 Å². The van der Waals surface area contributed by atoms with Crippen molar-refractivity contribution >= 4 is 0 Å². The lowest BCUT2D eigenvalue weighted by molar-refractivity contribution is 0.323.